The van der Waals surface area contributed by atoms with Crippen LogP contribution in [0.2, 0.25) is 0 Å². The van der Waals surface area contributed by atoms with Crippen LogP contribution in [-0.2, 0) is 11.2 Å². The van der Waals surface area contributed by atoms with Gasteiger partial charge in [0, 0.05) is 22.9 Å². The fraction of sp³-hybridized carbons (Fsp3) is 0.250. The molecule has 0 heterocycles. The second-order valence-electron chi connectivity index (χ2n) is 3.77. The monoisotopic (exact) mass is 266 g/mol. The van der Waals surface area contributed by atoms with E-state index in [1.165, 1.54) is 6.08 Å². The second-order valence-corrected chi connectivity index (χ2v) is 4.68. The van der Waals surface area contributed by atoms with E-state index < -0.39 is 0 Å². The van der Waals surface area contributed by atoms with Crippen molar-refractivity contribution in [3.05, 3.63) is 46.1 Å². The normalized spacial score (nSPS) is 20.5. The Hall–Kier alpha value is -1.09. The Balaban J connectivity index is 2.07. The number of carbonyl (C=O) groups is 1. The summed E-state index contributed by atoms with van der Waals surface area (Å²) in [6.07, 6.45) is 2.49. The van der Waals surface area contributed by atoms with Gasteiger partial charge in [-0.2, -0.15) is 0 Å². The summed E-state index contributed by atoms with van der Waals surface area (Å²) in [5, 5.41) is 9.51. The van der Waals surface area contributed by atoms with Crippen LogP contribution < -0.4 is 0 Å². The summed E-state index contributed by atoms with van der Waals surface area (Å²) in [5.74, 6) is 0.219. The minimum absolute atomic E-state index is 0.0228. The van der Waals surface area contributed by atoms with Crippen LogP contribution in [0.1, 0.15) is 12.0 Å². The van der Waals surface area contributed by atoms with Crippen LogP contribution in [0, 0.1) is 5.92 Å². The van der Waals surface area contributed by atoms with Crippen LogP contribution >= 0.6 is 15.9 Å². The summed E-state index contributed by atoms with van der Waals surface area (Å²) < 4.78 is 1.04. The van der Waals surface area contributed by atoms with E-state index in [0.29, 0.717) is 6.42 Å². The molecule has 1 N–H and O–H groups in total. The Morgan fingerprint density at radius 1 is 1.33 bits per heavy atom. The number of halogens is 1. The van der Waals surface area contributed by atoms with Gasteiger partial charge in [0.05, 0.1) is 5.76 Å². The zero-order valence-electron chi connectivity index (χ0n) is 8.11. The SMILES string of the molecule is O=C1C=C(O)C(Cc2ccc(Br)cc2)C1. The summed E-state index contributed by atoms with van der Waals surface area (Å²) in [6, 6.07) is 7.93. The number of hydrogen-bond donors (Lipinski definition) is 1. The average molecular weight is 267 g/mol. The third-order valence-electron chi connectivity index (χ3n) is 2.57. The van der Waals surface area contributed by atoms with Crippen LogP contribution in [0.3, 0.4) is 0 Å². The highest BCUT2D eigenvalue weighted by atomic mass is 79.9. The molecule has 0 aliphatic heterocycles. The van der Waals surface area contributed by atoms with E-state index in [1.54, 1.807) is 0 Å². The van der Waals surface area contributed by atoms with Crippen molar-refractivity contribution in [2.45, 2.75) is 12.8 Å². The van der Waals surface area contributed by atoms with Gasteiger partial charge in [0.15, 0.2) is 5.78 Å². The van der Waals surface area contributed by atoms with Crippen molar-refractivity contribution in [1.29, 1.82) is 0 Å². The molecule has 0 radical (unpaired) electrons. The Morgan fingerprint density at radius 2 is 2.00 bits per heavy atom. The van der Waals surface area contributed by atoms with Crippen molar-refractivity contribution in [3.63, 3.8) is 0 Å². The van der Waals surface area contributed by atoms with E-state index in [0.717, 1.165) is 16.5 Å². The molecule has 0 spiro atoms. The summed E-state index contributed by atoms with van der Waals surface area (Å²) >= 11 is 3.36. The molecule has 1 atom stereocenters. The fourth-order valence-corrected chi connectivity index (χ4v) is 2.04. The summed E-state index contributed by atoms with van der Waals surface area (Å²) in [5.41, 5.74) is 1.14. The lowest BCUT2D eigenvalue weighted by Gasteiger charge is -2.09. The molecule has 0 fully saturated rings. The van der Waals surface area contributed by atoms with E-state index in [4.69, 9.17) is 0 Å². The Bertz CT molecular complexity index is 406. The largest absolute Gasteiger partial charge is 0.512 e. The minimum atomic E-state index is -0.0290. The summed E-state index contributed by atoms with van der Waals surface area (Å²) in [4.78, 5) is 11.1. The number of ketones is 1. The van der Waals surface area contributed by atoms with Crippen LogP contribution in [0.15, 0.2) is 40.6 Å². The number of hydrogen-bond acceptors (Lipinski definition) is 2. The smallest absolute Gasteiger partial charge is 0.159 e. The molecule has 1 aromatic rings. The van der Waals surface area contributed by atoms with Crippen LogP contribution in [0.4, 0.5) is 0 Å². The Labute approximate surface area is 96.7 Å². The highest BCUT2D eigenvalue weighted by molar-refractivity contribution is 9.10. The van der Waals surface area contributed by atoms with Gasteiger partial charge in [-0.1, -0.05) is 28.1 Å². The van der Waals surface area contributed by atoms with Crippen LogP contribution in [-0.4, -0.2) is 10.9 Å². The zero-order valence-corrected chi connectivity index (χ0v) is 9.70. The number of carbonyl (C=O) groups excluding carboxylic acids is 1. The standard InChI is InChI=1S/C12H11BrO2/c13-10-3-1-8(2-4-10)5-9-6-11(14)7-12(9)15/h1-4,7,9,15H,5-6H2. The van der Waals surface area contributed by atoms with Crippen molar-refractivity contribution >= 4 is 21.7 Å². The topological polar surface area (TPSA) is 37.3 Å². The predicted octanol–water partition coefficient (Wildman–Crippen LogP) is 3.02. The molecule has 1 unspecified atom stereocenters. The van der Waals surface area contributed by atoms with E-state index in [1.807, 2.05) is 24.3 Å². The van der Waals surface area contributed by atoms with Crippen LogP contribution in [0.25, 0.3) is 0 Å². The first kappa shape index (κ1) is 10.4. The van der Waals surface area contributed by atoms with E-state index >= 15 is 0 Å². The van der Waals surface area contributed by atoms with Gasteiger partial charge in [0.2, 0.25) is 0 Å². The van der Waals surface area contributed by atoms with Crippen molar-refractivity contribution in [2.24, 2.45) is 5.92 Å². The van der Waals surface area contributed by atoms with Gasteiger partial charge < -0.3 is 5.11 Å². The molecule has 0 aromatic heterocycles. The molecule has 1 aliphatic rings. The molecule has 2 nitrogen and oxygen atoms in total. The molecule has 1 aromatic carbocycles. The molecule has 78 valence electrons. The van der Waals surface area contributed by atoms with Gasteiger partial charge in [0.25, 0.3) is 0 Å². The second kappa shape index (κ2) is 4.19. The first-order valence-corrected chi connectivity index (χ1v) is 5.62. The predicted molar refractivity (Wildman–Crippen MR) is 61.7 cm³/mol. The lowest BCUT2D eigenvalue weighted by Crippen LogP contribution is -2.04. The zero-order chi connectivity index (χ0) is 10.8. The van der Waals surface area contributed by atoms with Gasteiger partial charge >= 0.3 is 0 Å². The Morgan fingerprint density at radius 3 is 2.53 bits per heavy atom. The van der Waals surface area contributed by atoms with Gasteiger partial charge in [-0.3, -0.25) is 4.79 Å². The Kier molecular flexibility index (Phi) is 2.91. The maximum Gasteiger partial charge on any atom is 0.159 e. The minimum Gasteiger partial charge on any atom is -0.512 e. The molecular weight excluding hydrogens is 256 g/mol. The van der Waals surface area contributed by atoms with Gasteiger partial charge in [-0.05, 0) is 24.1 Å². The number of rotatable bonds is 2. The lowest BCUT2D eigenvalue weighted by atomic mass is 9.98. The molecule has 0 saturated heterocycles. The number of aliphatic hydroxyl groups is 1. The number of allylic oxidation sites excluding steroid dienone is 2. The summed E-state index contributed by atoms with van der Waals surface area (Å²) in [6.45, 7) is 0. The molecule has 15 heavy (non-hydrogen) atoms. The maximum absolute atomic E-state index is 11.1. The molecule has 2 rings (SSSR count). The van der Waals surface area contributed by atoms with Crippen LogP contribution in [0.5, 0.6) is 0 Å². The third-order valence-corrected chi connectivity index (χ3v) is 3.10. The molecule has 1 aliphatic carbocycles. The first-order valence-electron chi connectivity index (χ1n) is 4.83. The van der Waals surface area contributed by atoms with Crippen molar-refractivity contribution < 1.29 is 9.90 Å². The molecule has 3 heteroatoms. The first-order chi connectivity index (χ1) is 7.15. The van der Waals surface area contributed by atoms with Gasteiger partial charge in [-0.15, -0.1) is 0 Å². The fourth-order valence-electron chi connectivity index (χ4n) is 1.77. The molecular formula is C12H11BrO2. The lowest BCUT2D eigenvalue weighted by molar-refractivity contribution is -0.114. The van der Waals surface area contributed by atoms with Crippen molar-refractivity contribution in [2.75, 3.05) is 0 Å². The molecule has 0 bridgehead atoms. The maximum atomic E-state index is 11.1. The third kappa shape index (κ3) is 2.48. The van der Waals surface area contributed by atoms with Crippen molar-refractivity contribution in [3.8, 4) is 0 Å². The van der Waals surface area contributed by atoms with Gasteiger partial charge in [0.1, 0.15) is 0 Å². The molecule has 0 saturated carbocycles. The highest BCUT2D eigenvalue weighted by Crippen LogP contribution is 2.25. The number of benzene rings is 1. The quantitative estimate of drug-likeness (QED) is 0.894. The average Bonchev–Trinajstić information content (AvgIpc) is 2.49. The van der Waals surface area contributed by atoms with Gasteiger partial charge in [-0.25, -0.2) is 0 Å². The van der Waals surface area contributed by atoms with E-state index in [9.17, 15) is 9.90 Å². The summed E-state index contributed by atoms with van der Waals surface area (Å²) in [7, 11) is 0. The molecule has 0 amide bonds. The van der Waals surface area contributed by atoms with E-state index in [2.05, 4.69) is 15.9 Å². The number of aliphatic hydroxyl groups excluding tert-OH is 1. The highest BCUT2D eigenvalue weighted by Gasteiger charge is 2.24. The van der Waals surface area contributed by atoms with E-state index in [-0.39, 0.29) is 17.5 Å². The van der Waals surface area contributed by atoms with Crippen molar-refractivity contribution in [1.82, 2.24) is 0 Å².